The molecule has 96 valence electrons. The first kappa shape index (κ1) is 13.2. The predicted octanol–water partition coefficient (Wildman–Crippen LogP) is 1.78. The average Bonchev–Trinajstić information content (AvgIpc) is 2.62. The van der Waals surface area contributed by atoms with E-state index in [4.69, 9.17) is 0 Å². The van der Waals surface area contributed by atoms with Gasteiger partial charge in [-0.3, -0.25) is 4.68 Å². The zero-order chi connectivity index (χ0) is 13.1. The van der Waals surface area contributed by atoms with Crippen LogP contribution in [0, 0.1) is 6.92 Å². The van der Waals surface area contributed by atoms with Crippen molar-refractivity contribution in [3.63, 3.8) is 0 Å². The van der Waals surface area contributed by atoms with Gasteiger partial charge in [0.05, 0.1) is 22.1 Å². The molecule has 1 atom stereocenters. The van der Waals surface area contributed by atoms with E-state index < -0.39 is 0 Å². The van der Waals surface area contributed by atoms with Crippen LogP contribution in [0.4, 0.5) is 0 Å². The zero-order valence-corrected chi connectivity index (χ0v) is 12.3. The van der Waals surface area contributed by atoms with E-state index in [0.29, 0.717) is 0 Å². The molecule has 2 aromatic rings. The van der Waals surface area contributed by atoms with Gasteiger partial charge in [0.1, 0.15) is 0 Å². The molecule has 0 amide bonds. The third-order valence-corrected chi connectivity index (χ3v) is 4.05. The standard InChI is InChI=1S/C12H16BrN5/c1-8-12(13)11(18(3)17-8)6-10(14-2)9-4-5-15-16-7-9/h4-5,7,10,14H,6H2,1-3H3. The number of halogens is 1. The number of hydrogen-bond acceptors (Lipinski definition) is 4. The third-order valence-electron chi connectivity index (χ3n) is 3.02. The van der Waals surface area contributed by atoms with Crippen LogP contribution in [-0.2, 0) is 13.5 Å². The Balaban J connectivity index is 2.26. The van der Waals surface area contributed by atoms with E-state index >= 15 is 0 Å². The molecule has 0 fully saturated rings. The fourth-order valence-electron chi connectivity index (χ4n) is 1.99. The smallest absolute Gasteiger partial charge is 0.0738 e. The van der Waals surface area contributed by atoms with Gasteiger partial charge in [-0.1, -0.05) is 0 Å². The van der Waals surface area contributed by atoms with Crippen molar-refractivity contribution in [2.45, 2.75) is 19.4 Å². The van der Waals surface area contributed by atoms with Gasteiger partial charge in [0.2, 0.25) is 0 Å². The second-order valence-corrected chi connectivity index (χ2v) is 4.98. The number of nitrogens with one attached hydrogen (secondary N) is 1. The predicted molar refractivity (Wildman–Crippen MR) is 73.2 cm³/mol. The molecule has 2 heterocycles. The Hall–Kier alpha value is -1.27. The molecule has 18 heavy (non-hydrogen) atoms. The summed E-state index contributed by atoms with van der Waals surface area (Å²) in [5.41, 5.74) is 3.30. The van der Waals surface area contributed by atoms with Crippen molar-refractivity contribution in [3.8, 4) is 0 Å². The summed E-state index contributed by atoms with van der Waals surface area (Å²) in [6.45, 7) is 2.00. The average molecular weight is 310 g/mol. The minimum absolute atomic E-state index is 0.201. The number of hydrogen-bond donors (Lipinski definition) is 1. The molecule has 0 bridgehead atoms. The van der Waals surface area contributed by atoms with Crippen molar-refractivity contribution in [1.82, 2.24) is 25.3 Å². The van der Waals surface area contributed by atoms with Gasteiger partial charge in [-0.15, -0.1) is 0 Å². The summed E-state index contributed by atoms with van der Waals surface area (Å²) < 4.78 is 2.99. The molecule has 0 spiro atoms. The minimum atomic E-state index is 0.201. The van der Waals surface area contributed by atoms with E-state index in [-0.39, 0.29) is 6.04 Å². The van der Waals surface area contributed by atoms with Gasteiger partial charge >= 0.3 is 0 Å². The topological polar surface area (TPSA) is 55.6 Å². The Morgan fingerprint density at radius 1 is 1.44 bits per heavy atom. The van der Waals surface area contributed by atoms with Crippen LogP contribution in [0.25, 0.3) is 0 Å². The molecule has 6 heteroatoms. The van der Waals surface area contributed by atoms with Crippen LogP contribution in [0.2, 0.25) is 0 Å². The molecule has 0 aliphatic carbocycles. The van der Waals surface area contributed by atoms with E-state index in [2.05, 4.69) is 36.5 Å². The van der Waals surface area contributed by atoms with Crippen LogP contribution >= 0.6 is 15.9 Å². The Labute approximate surface area is 115 Å². The molecule has 0 saturated carbocycles. The van der Waals surface area contributed by atoms with Gasteiger partial charge in [0.15, 0.2) is 0 Å². The van der Waals surface area contributed by atoms with E-state index in [0.717, 1.165) is 22.2 Å². The van der Waals surface area contributed by atoms with Gasteiger partial charge in [-0.2, -0.15) is 15.3 Å². The molecule has 2 rings (SSSR count). The fraction of sp³-hybridized carbons (Fsp3) is 0.417. The Morgan fingerprint density at radius 2 is 2.22 bits per heavy atom. The van der Waals surface area contributed by atoms with Crippen LogP contribution in [0.1, 0.15) is 23.0 Å². The van der Waals surface area contributed by atoms with Crippen molar-refractivity contribution < 1.29 is 0 Å². The molecular weight excluding hydrogens is 294 g/mol. The maximum Gasteiger partial charge on any atom is 0.0738 e. The molecule has 2 aromatic heterocycles. The number of aromatic nitrogens is 4. The van der Waals surface area contributed by atoms with Crippen LogP contribution in [-0.4, -0.2) is 27.0 Å². The normalized spacial score (nSPS) is 12.7. The summed E-state index contributed by atoms with van der Waals surface area (Å²) in [7, 11) is 3.91. The van der Waals surface area contributed by atoms with Crippen molar-refractivity contribution >= 4 is 15.9 Å². The molecule has 0 aliphatic rings. The van der Waals surface area contributed by atoms with E-state index in [1.807, 2.05) is 31.8 Å². The van der Waals surface area contributed by atoms with Crippen molar-refractivity contribution in [2.75, 3.05) is 7.05 Å². The van der Waals surface area contributed by atoms with Crippen LogP contribution < -0.4 is 5.32 Å². The van der Waals surface area contributed by atoms with E-state index in [1.54, 1.807) is 12.4 Å². The molecule has 0 aromatic carbocycles. The van der Waals surface area contributed by atoms with Crippen LogP contribution in [0.15, 0.2) is 22.9 Å². The largest absolute Gasteiger partial charge is 0.313 e. The highest BCUT2D eigenvalue weighted by Crippen LogP contribution is 2.25. The second kappa shape index (κ2) is 5.58. The van der Waals surface area contributed by atoms with Gasteiger partial charge in [-0.05, 0) is 41.5 Å². The van der Waals surface area contributed by atoms with Gasteiger partial charge in [0, 0.05) is 25.7 Å². The minimum Gasteiger partial charge on any atom is -0.313 e. The zero-order valence-electron chi connectivity index (χ0n) is 10.7. The molecule has 0 saturated heterocycles. The lowest BCUT2D eigenvalue weighted by Crippen LogP contribution is -2.20. The number of nitrogens with zero attached hydrogens (tertiary/aromatic N) is 4. The molecule has 0 radical (unpaired) electrons. The SMILES string of the molecule is CNC(Cc1c(Br)c(C)nn1C)c1ccnnc1. The van der Waals surface area contributed by atoms with E-state index in [1.165, 1.54) is 5.69 Å². The second-order valence-electron chi connectivity index (χ2n) is 4.19. The lowest BCUT2D eigenvalue weighted by Gasteiger charge is -2.16. The van der Waals surface area contributed by atoms with Gasteiger partial charge in [-0.25, -0.2) is 0 Å². The van der Waals surface area contributed by atoms with Crippen LogP contribution in [0.5, 0.6) is 0 Å². The summed E-state index contributed by atoms with van der Waals surface area (Å²) in [6.07, 6.45) is 4.35. The van der Waals surface area contributed by atoms with Crippen molar-refractivity contribution in [3.05, 3.63) is 39.9 Å². The highest BCUT2D eigenvalue weighted by atomic mass is 79.9. The maximum atomic E-state index is 4.41. The molecule has 5 nitrogen and oxygen atoms in total. The third kappa shape index (κ3) is 2.59. The van der Waals surface area contributed by atoms with Crippen molar-refractivity contribution in [1.29, 1.82) is 0 Å². The summed E-state index contributed by atoms with van der Waals surface area (Å²) in [5, 5.41) is 15.4. The summed E-state index contributed by atoms with van der Waals surface area (Å²) in [4.78, 5) is 0. The molecule has 1 N–H and O–H groups in total. The Kier molecular flexibility index (Phi) is 4.08. The number of likely N-dealkylation sites (N-methyl/N-ethyl adjacent to an activating group) is 1. The monoisotopic (exact) mass is 309 g/mol. The van der Waals surface area contributed by atoms with E-state index in [9.17, 15) is 0 Å². The summed E-state index contributed by atoms with van der Waals surface area (Å²) >= 11 is 3.59. The molecule has 1 unspecified atom stereocenters. The highest BCUT2D eigenvalue weighted by Gasteiger charge is 2.17. The number of rotatable bonds is 4. The van der Waals surface area contributed by atoms with Gasteiger partial charge < -0.3 is 5.32 Å². The molecule has 0 aliphatic heterocycles. The summed E-state index contributed by atoms with van der Waals surface area (Å²) in [6, 6.07) is 2.18. The fourth-order valence-corrected chi connectivity index (χ4v) is 2.49. The highest BCUT2D eigenvalue weighted by molar-refractivity contribution is 9.10. The summed E-state index contributed by atoms with van der Waals surface area (Å²) in [5.74, 6) is 0. The Morgan fingerprint density at radius 3 is 2.72 bits per heavy atom. The van der Waals surface area contributed by atoms with Crippen molar-refractivity contribution in [2.24, 2.45) is 7.05 Å². The first-order valence-corrected chi connectivity index (χ1v) is 6.54. The first-order chi connectivity index (χ1) is 8.63. The number of aryl methyl sites for hydroxylation is 2. The van der Waals surface area contributed by atoms with Crippen LogP contribution in [0.3, 0.4) is 0 Å². The molecular formula is C12H16BrN5. The lowest BCUT2D eigenvalue weighted by molar-refractivity contribution is 0.557. The van der Waals surface area contributed by atoms with Gasteiger partial charge in [0.25, 0.3) is 0 Å². The lowest BCUT2D eigenvalue weighted by atomic mass is 10.0. The Bertz CT molecular complexity index is 523. The first-order valence-electron chi connectivity index (χ1n) is 5.75. The maximum absolute atomic E-state index is 4.41. The quantitative estimate of drug-likeness (QED) is 0.935.